The number of fused-ring (bicyclic) bond motifs is 1. The molecular weight excluding hydrogens is 450 g/mol. The SMILES string of the molecule is CCSc1nc2n(n1)C(c1ccc(OC(C)C)c(OC)c1)C(C(=O)Nc1ccccc1)=C(C)N2. The molecule has 2 aromatic carbocycles. The summed E-state index contributed by atoms with van der Waals surface area (Å²) in [4.78, 5) is 18.2. The first-order valence-corrected chi connectivity index (χ1v) is 12.2. The molecule has 0 aliphatic carbocycles. The second kappa shape index (κ2) is 10.2. The molecule has 8 nitrogen and oxygen atoms in total. The van der Waals surface area contributed by atoms with E-state index in [0.717, 1.165) is 17.0 Å². The second-order valence-electron chi connectivity index (χ2n) is 8.06. The third-order valence-corrected chi connectivity index (χ3v) is 5.97. The molecule has 0 bridgehead atoms. The summed E-state index contributed by atoms with van der Waals surface area (Å²) < 4.78 is 13.3. The van der Waals surface area contributed by atoms with E-state index in [2.05, 4.69) is 22.5 Å². The van der Waals surface area contributed by atoms with Crippen molar-refractivity contribution in [2.24, 2.45) is 0 Å². The predicted octanol–water partition coefficient (Wildman–Crippen LogP) is 5.11. The van der Waals surface area contributed by atoms with Crippen molar-refractivity contribution in [2.75, 3.05) is 23.5 Å². The number of amides is 1. The van der Waals surface area contributed by atoms with Gasteiger partial charge in [0.25, 0.3) is 5.91 Å². The van der Waals surface area contributed by atoms with E-state index < -0.39 is 6.04 Å². The Morgan fingerprint density at radius 2 is 1.97 bits per heavy atom. The first kappa shape index (κ1) is 23.7. The monoisotopic (exact) mass is 479 g/mol. The molecule has 0 saturated heterocycles. The molecule has 1 atom stereocenters. The smallest absolute Gasteiger partial charge is 0.255 e. The van der Waals surface area contributed by atoms with Gasteiger partial charge in [-0.25, -0.2) is 4.68 Å². The number of methoxy groups -OCH3 is 1. The van der Waals surface area contributed by atoms with Gasteiger partial charge in [-0.3, -0.25) is 4.79 Å². The Kier molecular flexibility index (Phi) is 7.12. The van der Waals surface area contributed by atoms with Crippen LogP contribution in [-0.4, -0.2) is 39.6 Å². The summed E-state index contributed by atoms with van der Waals surface area (Å²) in [6, 6.07) is 14.6. The van der Waals surface area contributed by atoms with Gasteiger partial charge in [0.1, 0.15) is 6.04 Å². The molecule has 0 saturated carbocycles. The average molecular weight is 480 g/mol. The number of anilines is 2. The average Bonchev–Trinajstić information content (AvgIpc) is 3.20. The topological polar surface area (TPSA) is 90.3 Å². The Labute approximate surface area is 203 Å². The Bertz CT molecular complexity index is 1210. The van der Waals surface area contributed by atoms with Crippen molar-refractivity contribution in [2.45, 2.75) is 45.0 Å². The Balaban J connectivity index is 1.80. The number of thioether (sulfide) groups is 1. The van der Waals surface area contributed by atoms with Gasteiger partial charge in [0, 0.05) is 11.4 Å². The van der Waals surface area contributed by atoms with Crippen LogP contribution in [-0.2, 0) is 4.79 Å². The number of rotatable bonds is 8. The molecule has 1 unspecified atom stereocenters. The normalized spacial score (nSPS) is 15.1. The maximum Gasteiger partial charge on any atom is 0.255 e. The molecule has 4 rings (SSSR count). The van der Waals surface area contributed by atoms with Crippen LogP contribution in [0.3, 0.4) is 0 Å². The van der Waals surface area contributed by atoms with Gasteiger partial charge >= 0.3 is 0 Å². The zero-order valence-electron chi connectivity index (χ0n) is 20.0. The largest absolute Gasteiger partial charge is 0.493 e. The van der Waals surface area contributed by atoms with E-state index in [1.54, 1.807) is 23.6 Å². The van der Waals surface area contributed by atoms with Crippen LogP contribution in [0.2, 0.25) is 0 Å². The van der Waals surface area contributed by atoms with E-state index in [4.69, 9.17) is 14.6 Å². The number of carbonyl (C=O) groups excluding carboxylic acids is 1. The van der Waals surface area contributed by atoms with E-state index in [9.17, 15) is 4.79 Å². The van der Waals surface area contributed by atoms with Gasteiger partial charge in [0.05, 0.1) is 18.8 Å². The van der Waals surface area contributed by atoms with Crippen LogP contribution in [0.1, 0.15) is 39.3 Å². The van der Waals surface area contributed by atoms with Gasteiger partial charge in [-0.1, -0.05) is 43.0 Å². The van der Waals surface area contributed by atoms with E-state index in [0.29, 0.717) is 33.9 Å². The van der Waals surface area contributed by atoms with Crippen LogP contribution >= 0.6 is 11.8 Å². The number of ether oxygens (including phenoxy) is 2. The van der Waals surface area contributed by atoms with Crippen LogP contribution < -0.4 is 20.1 Å². The zero-order chi connectivity index (χ0) is 24.2. The fraction of sp³-hybridized carbons (Fsp3) is 0.320. The van der Waals surface area contributed by atoms with Crippen molar-refractivity contribution in [3.05, 3.63) is 65.4 Å². The second-order valence-corrected chi connectivity index (χ2v) is 9.29. The lowest BCUT2D eigenvalue weighted by Crippen LogP contribution is -2.31. The fourth-order valence-corrected chi connectivity index (χ4v) is 4.40. The number of para-hydroxylation sites is 1. The van der Waals surface area contributed by atoms with E-state index >= 15 is 0 Å². The van der Waals surface area contributed by atoms with Crippen molar-refractivity contribution in [3.63, 3.8) is 0 Å². The lowest BCUT2D eigenvalue weighted by molar-refractivity contribution is -0.113. The minimum atomic E-state index is -0.499. The first-order chi connectivity index (χ1) is 16.4. The van der Waals surface area contributed by atoms with E-state index in [1.165, 1.54) is 0 Å². The number of benzene rings is 2. The maximum atomic E-state index is 13.5. The fourth-order valence-electron chi connectivity index (χ4n) is 3.85. The van der Waals surface area contributed by atoms with Crippen LogP contribution in [0.25, 0.3) is 0 Å². The predicted molar refractivity (Wildman–Crippen MR) is 135 cm³/mol. The molecule has 178 valence electrons. The zero-order valence-corrected chi connectivity index (χ0v) is 20.8. The van der Waals surface area contributed by atoms with E-state index in [1.807, 2.05) is 69.3 Å². The molecule has 2 N–H and O–H groups in total. The number of hydrogen-bond donors (Lipinski definition) is 2. The molecular formula is C25H29N5O3S. The summed E-state index contributed by atoms with van der Waals surface area (Å²) >= 11 is 1.55. The summed E-state index contributed by atoms with van der Waals surface area (Å²) in [5.74, 6) is 2.46. The first-order valence-electron chi connectivity index (χ1n) is 11.2. The highest BCUT2D eigenvalue weighted by Crippen LogP contribution is 2.40. The van der Waals surface area contributed by atoms with Gasteiger partial charge in [0.2, 0.25) is 11.1 Å². The van der Waals surface area contributed by atoms with Crippen molar-refractivity contribution in [1.82, 2.24) is 14.8 Å². The summed E-state index contributed by atoms with van der Waals surface area (Å²) in [5.41, 5.74) is 2.82. The Morgan fingerprint density at radius 3 is 2.65 bits per heavy atom. The molecule has 0 radical (unpaired) electrons. The summed E-state index contributed by atoms with van der Waals surface area (Å²) in [6.45, 7) is 7.86. The quantitative estimate of drug-likeness (QED) is 0.434. The minimum Gasteiger partial charge on any atom is -0.493 e. The third kappa shape index (κ3) is 4.89. The van der Waals surface area contributed by atoms with Crippen LogP contribution in [0.5, 0.6) is 11.5 Å². The molecule has 34 heavy (non-hydrogen) atoms. The van der Waals surface area contributed by atoms with Gasteiger partial charge in [-0.2, -0.15) is 4.98 Å². The van der Waals surface area contributed by atoms with Gasteiger partial charge < -0.3 is 20.1 Å². The lowest BCUT2D eigenvalue weighted by atomic mass is 9.94. The molecule has 1 aliphatic heterocycles. The molecule has 0 spiro atoms. The molecule has 9 heteroatoms. The third-order valence-electron chi connectivity index (χ3n) is 5.25. The molecule has 3 aromatic rings. The molecule has 1 amide bonds. The highest BCUT2D eigenvalue weighted by Gasteiger charge is 2.35. The number of allylic oxidation sites excluding steroid dienone is 1. The van der Waals surface area contributed by atoms with E-state index in [-0.39, 0.29) is 12.0 Å². The van der Waals surface area contributed by atoms with Crippen LogP contribution in [0, 0.1) is 0 Å². The van der Waals surface area contributed by atoms with Crippen molar-refractivity contribution in [3.8, 4) is 11.5 Å². The lowest BCUT2D eigenvalue weighted by Gasteiger charge is -2.29. The highest BCUT2D eigenvalue weighted by molar-refractivity contribution is 7.99. The van der Waals surface area contributed by atoms with Gasteiger partial charge in [-0.15, -0.1) is 5.10 Å². The Hall–Kier alpha value is -3.46. The number of nitrogens with one attached hydrogen (secondary N) is 2. The molecule has 1 aromatic heterocycles. The van der Waals surface area contributed by atoms with Crippen molar-refractivity contribution < 1.29 is 14.3 Å². The molecule has 1 aliphatic rings. The number of carbonyl (C=O) groups is 1. The van der Waals surface area contributed by atoms with Crippen LogP contribution in [0.15, 0.2) is 65.0 Å². The maximum absolute atomic E-state index is 13.5. The Morgan fingerprint density at radius 1 is 1.21 bits per heavy atom. The molecule has 2 heterocycles. The standard InChI is InChI=1S/C25H29N5O3S/c1-6-34-25-28-24-26-16(4)21(23(31)27-18-10-8-7-9-11-18)22(30(24)29-25)17-12-13-19(33-15(2)3)20(14-17)32-5/h7-15,22H,6H2,1-5H3,(H,27,31)(H,26,28,29). The minimum absolute atomic E-state index is 0.00327. The van der Waals surface area contributed by atoms with Gasteiger partial charge in [0.15, 0.2) is 11.5 Å². The molecule has 0 fully saturated rings. The van der Waals surface area contributed by atoms with Crippen LogP contribution in [0.4, 0.5) is 11.6 Å². The summed E-state index contributed by atoms with van der Waals surface area (Å²) in [6.07, 6.45) is 0.00327. The van der Waals surface area contributed by atoms with Crippen molar-refractivity contribution >= 4 is 29.3 Å². The number of nitrogens with zero attached hydrogens (tertiary/aromatic N) is 3. The highest BCUT2D eigenvalue weighted by atomic mass is 32.2. The van der Waals surface area contributed by atoms with Gasteiger partial charge in [-0.05, 0) is 56.4 Å². The number of aromatic nitrogens is 3. The van der Waals surface area contributed by atoms with Crippen molar-refractivity contribution in [1.29, 1.82) is 0 Å². The number of hydrogen-bond acceptors (Lipinski definition) is 7. The summed E-state index contributed by atoms with van der Waals surface area (Å²) in [7, 11) is 1.61. The summed E-state index contributed by atoms with van der Waals surface area (Å²) in [5, 5.41) is 11.6.